The highest BCUT2D eigenvalue weighted by atomic mass is 28.4. The van der Waals surface area contributed by atoms with Crippen molar-refractivity contribution < 1.29 is 23.8 Å². The summed E-state index contributed by atoms with van der Waals surface area (Å²) in [5.41, 5.74) is -0.536. The summed E-state index contributed by atoms with van der Waals surface area (Å²) in [6.07, 6.45) is 0.285. The highest BCUT2D eigenvalue weighted by Gasteiger charge is 2.42. The smallest absolute Gasteiger partial charge is 0.410 e. The van der Waals surface area contributed by atoms with Crippen LogP contribution in [0.15, 0.2) is 0 Å². The molecule has 1 aliphatic rings. The Balaban J connectivity index is 2.78. The average Bonchev–Trinajstić information content (AvgIpc) is 2.83. The molecule has 0 bridgehead atoms. The van der Waals surface area contributed by atoms with E-state index in [9.17, 15) is 4.79 Å². The third-order valence-corrected chi connectivity index (χ3v) is 9.39. The van der Waals surface area contributed by atoms with Crippen LogP contribution in [-0.2, 0) is 13.9 Å². The summed E-state index contributed by atoms with van der Waals surface area (Å²) in [6, 6.07) is -0.0623. The Bertz CT molecular complexity index is 442. The standard InChI is InChI=1S/C18H37NO5Si/c1-17(2,3)24-16(21)19-12-15(22-10-9-20)11-14(19)13-23-25(7,8)18(4,5)6/h14-15,20H,9-13H2,1-8H3/t14-,15-/m1/s1. The lowest BCUT2D eigenvalue weighted by atomic mass is 10.2. The first-order chi connectivity index (χ1) is 11.3. The SMILES string of the molecule is CC(C)(C)OC(=O)N1C[C@H](OCCO)C[C@@H]1CO[Si](C)(C)C(C)(C)C. The van der Waals surface area contributed by atoms with E-state index in [1.165, 1.54) is 0 Å². The van der Waals surface area contributed by atoms with Gasteiger partial charge in [0.25, 0.3) is 0 Å². The van der Waals surface area contributed by atoms with Gasteiger partial charge < -0.3 is 23.9 Å². The molecule has 25 heavy (non-hydrogen) atoms. The van der Waals surface area contributed by atoms with Crippen molar-refractivity contribution >= 4 is 14.4 Å². The molecule has 0 aromatic heterocycles. The molecule has 0 aromatic carbocycles. The molecule has 7 heteroatoms. The van der Waals surface area contributed by atoms with E-state index in [0.29, 0.717) is 19.6 Å². The molecule has 2 atom stereocenters. The molecule has 0 aliphatic carbocycles. The number of aliphatic hydroxyl groups is 1. The van der Waals surface area contributed by atoms with Crippen molar-refractivity contribution in [2.24, 2.45) is 0 Å². The molecule has 0 spiro atoms. The molecule has 1 rings (SSSR count). The molecule has 1 amide bonds. The maximum Gasteiger partial charge on any atom is 0.410 e. The minimum absolute atomic E-state index is 0.0198. The highest BCUT2D eigenvalue weighted by Crippen LogP contribution is 2.37. The van der Waals surface area contributed by atoms with E-state index < -0.39 is 13.9 Å². The molecule has 148 valence electrons. The second kappa shape index (κ2) is 8.37. The van der Waals surface area contributed by atoms with Gasteiger partial charge in [-0.15, -0.1) is 0 Å². The van der Waals surface area contributed by atoms with Crippen molar-refractivity contribution in [1.29, 1.82) is 0 Å². The summed E-state index contributed by atoms with van der Waals surface area (Å²) in [4.78, 5) is 14.3. The van der Waals surface area contributed by atoms with E-state index in [2.05, 4.69) is 33.9 Å². The van der Waals surface area contributed by atoms with Crippen LogP contribution < -0.4 is 0 Å². The van der Waals surface area contributed by atoms with Crippen LogP contribution in [0.3, 0.4) is 0 Å². The van der Waals surface area contributed by atoms with Crippen molar-refractivity contribution in [2.75, 3.05) is 26.4 Å². The largest absolute Gasteiger partial charge is 0.444 e. The quantitative estimate of drug-likeness (QED) is 0.721. The van der Waals surface area contributed by atoms with Crippen molar-refractivity contribution in [3.05, 3.63) is 0 Å². The molecule has 0 saturated carbocycles. The first kappa shape index (κ1) is 22.4. The van der Waals surface area contributed by atoms with Crippen molar-refractivity contribution in [3.63, 3.8) is 0 Å². The second-order valence-electron chi connectivity index (χ2n) is 9.31. The number of hydrogen-bond donors (Lipinski definition) is 1. The summed E-state index contributed by atoms with van der Waals surface area (Å²) < 4.78 is 17.5. The fourth-order valence-electron chi connectivity index (χ4n) is 2.44. The maximum atomic E-state index is 12.6. The number of likely N-dealkylation sites (tertiary alicyclic amines) is 1. The van der Waals surface area contributed by atoms with Crippen LogP contribution in [0.1, 0.15) is 48.0 Å². The fraction of sp³-hybridized carbons (Fsp3) is 0.944. The van der Waals surface area contributed by atoms with E-state index >= 15 is 0 Å². The first-order valence-electron chi connectivity index (χ1n) is 9.13. The van der Waals surface area contributed by atoms with Gasteiger partial charge in [0, 0.05) is 0 Å². The molecule has 1 saturated heterocycles. The Morgan fingerprint density at radius 2 is 1.80 bits per heavy atom. The summed E-state index contributed by atoms with van der Waals surface area (Å²) >= 11 is 0. The zero-order valence-corrected chi connectivity index (χ0v) is 18.2. The second-order valence-corrected chi connectivity index (χ2v) is 14.1. The number of amides is 1. The van der Waals surface area contributed by atoms with Gasteiger partial charge in [0.15, 0.2) is 8.32 Å². The number of ether oxygens (including phenoxy) is 2. The fourth-order valence-corrected chi connectivity index (χ4v) is 3.48. The predicted octanol–water partition coefficient (Wildman–Crippen LogP) is 3.40. The number of carbonyl (C=O) groups is 1. The lowest BCUT2D eigenvalue weighted by Crippen LogP contribution is -2.46. The van der Waals surface area contributed by atoms with E-state index in [-0.39, 0.29) is 36.5 Å². The normalized spacial score (nSPS) is 22.4. The van der Waals surface area contributed by atoms with Gasteiger partial charge in [0.2, 0.25) is 0 Å². The Morgan fingerprint density at radius 3 is 2.28 bits per heavy atom. The zero-order chi connectivity index (χ0) is 19.5. The zero-order valence-electron chi connectivity index (χ0n) is 17.2. The van der Waals surface area contributed by atoms with Crippen LogP contribution in [0.2, 0.25) is 18.1 Å². The van der Waals surface area contributed by atoms with E-state index in [1.54, 1.807) is 4.90 Å². The number of aliphatic hydroxyl groups excluding tert-OH is 1. The lowest BCUT2D eigenvalue weighted by molar-refractivity contribution is 0.0110. The Labute approximate surface area is 153 Å². The number of carbonyl (C=O) groups excluding carboxylic acids is 1. The van der Waals surface area contributed by atoms with Gasteiger partial charge in [-0.1, -0.05) is 20.8 Å². The summed E-state index contributed by atoms with van der Waals surface area (Å²) in [7, 11) is -1.89. The minimum Gasteiger partial charge on any atom is -0.444 e. The lowest BCUT2D eigenvalue weighted by Gasteiger charge is -2.38. The monoisotopic (exact) mass is 375 g/mol. The van der Waals surface area contributed by atoms with Crippen molar-refractivity contribution in [2.45, 2.75) is 83.8 Å². The van der Waals surface area contributed by atoms with Crippen LogP contribution in [-0.4, -0.2) is 68.5 Å². The summed E-state index contributed by atoms with van der Waals surface area (Å²) in [5, 5.41) is 9.09. The molecular formula is C18H37NO5Si. The molecule has 1 heterocycles. The molecule has 0 unspecified atom stereocenters. The van der Waals surface area contributed by atoms with Crippen LogP contribution >= 0.6 is 0 Å². The van der Waals surface area contributed by atoms with Gasteiger partial charge in [-0.3, -0.25) is 0 Å². The van der Waals surface area contributed by atoms with E-state index in [1.807, 2.05) is 20.8 Å². The number of rotatable bonds is 6. The van der Waals surface area contributed by atoms with Gasteiger partial charge in [-0.25, -0.2) is 4.79 Å². The Morgan fingerprint density at radius 1 is 1.20 bits per heavy atom. The highest BCUT2D eigenvalue weighted by molar-refractivity contribution is 6.74. The third kappa shape index (κ3) is 6.88. The number of hydrogen-bond acceptors (Lipinski definition) is 5. The van der Waals surface area contributed by atoms with Gasteiger partial charge >= 0.3 is 6.09 Å². The Kier molecular flexibility index (Phi) is 7.50. The van der Waals surface area contributed by atoms with Gasteiger partial charge in [0.05, 0.1) is 38.5 Å². The van der Waals surface area contributed by atoms with Crippen molar-refractivity contribution in [1.82, 2.24) is 4.90 Å². The topological polar surface area (TPSA) is 68.2 Å². The van der Waals surface area contributed by atoms with Crippen molar-refractivity contribution in [3.8, 4) is 0 Å². The van der Waals surface area contributed by atoms with E-state index in [0.717, 1.165) is 0 Å². The summed E-state index contributed by atoms with van der Waals surface area (Å²) in [5.74, 6) is 0. The maximum absolute atomic E-state index is 12.6. The van der Waals surface area contributed by atoms with Gasteiger partial charge in [0.1, 0.15) is 5.60 Å². The number of nitrogens with zero attached hydrogens (tertiary/aromatic N) is 1. The molecule has 1 aliphatic heterocycles. The third-order valence-electron chi connectivity index (χ3n) is 4.89. The average molecular weight is 376 g/mol. The molecule has 0 aromatic rings. The van der Waals surface area contributed by atoms with Crippen LogP contribution in [0.25, 0.3) is 0 Å². The summed E-state index contributed by atoms with van der Waals surface area (Å²) in [6.45, 7) is 17.8. The molecule has 1 N–H and O–H groups in total. The van der Waals surface area contributed by atoms with Gasteiger partial charge in [-0.05, 0) is 45.3 Å². The predicted molar refractivity (Wildman–Crippen MR) is 101 cm³/mol. The molecular weight excluding hydrogens is 338 g/mol. The van der Waals surface area contributed by atoms with Crippen LogP contribution in [0.5, 0.6) is 0 Å². The van der Waals surface area contributed by atoms with Crippen LogP contribution in [0.4, 0.5) is 4.79 Å². The first-order valence-corrected chi connectivity index (χ1v) is 12.0. The molecule has 1 fully saturated rings. The Hall–Kier alpha value is -0.633. The minimum atomic E-state index is -1.89. The van der Waals surface area contributed by atoms with Gasteiger partial charge in [-0.2, -0.15) is 0 Å². The molecule has 6 nitrogen and oxygen atoms in total. The molecule has 0 radical (unpaired) electrons. The van der Waals surface area contributed by atoms with E-state index in [4.69, 9.17) is 19.0 Å². The van der Waals surface area contributed by atoms with Crippen LogP contribution in [0, 0.1) is 0 Å².